The minimum atomic E-state index is 0.0620. The van der Waals surface area contributed by atoms with Gasteiger partial charge in [-0.2, -0.15) is 0 Å². The highest BCUT2D eigenvalue weighted by Gasteiger charge is 2.05. The van der Waals surface area contributed by atoms with Gasteiger partial charge in [-0.15, -0.1) is 0 Å². The number of pyridine rings is 1. The number of rotatable bonds is 6. The fraction of sp³-hybridized carbons (Fsp3) is 0.615. The van der Waals surface area contributed by atoms with E-state index >= 15 is 0 Å². The van der Waals surface area contributed by atoms with Crippen LogP contribution in [0, 0.1) is 0 Å². The zero-order valence-corrected chi connectivity index (χ0v) is 11.3. The summed E-state index contributed by atoms with van der Waals surface area (Å²) in [6.07, 6.45) is 2.96. The largest absolute Gasteiger partial charge is 0.360 e. The molecule has 1 heterocycles. The zero-order valence-electron chi connectivity index (χ0n) is 11.3. The van der Waals surface area contributed by atoms with E-state index in [4.69, 9.17) is 5.73 Å². The van der Waals surface area contributed by atoms with Crippen LogP contribution in [0.3, 0.4) is 0 Å². The van der Waals surface area contributed by atoms with Gasteiger partial charge in [0, 0.05) is 25.8 Å². The Morgan fingerprint density at radius 1 is 1.29 bits per heavy atom. The first kappa shape index (κ1) is 13.9. The van der Waals surface area contributed by atoms with Gasteiger partial charge in [-0.3, -0.25) is 0 Å². The molecule has 1 aromatic heterocycles. The Hall–Kier alpha value is -1.13. The van der Waals surface area contributed by atoms with Crippen LogP contribution in [0.15, 0.2) is 18.3 Å². The smallest absolute Gasteiger partial charge is 0.128 e. The van der Waals surface area contributed by atoms with Gasteiger partial charge in [0.25, 0.3) is 0 Å². The molecule has 0 fully saturated rings. The molecule has 0 aliphatic carbocycles. The second kappa shape index (κ2) is 6.57. The van der Waals surface area contributed by atoms with Gasteiger partial charge in [-0.05, 0) is 51.7 Å². The third kappa shape index (κ3) is 4.71. The lowest BCUT2D eigenvalue weighted by molar-refractivity contribution is 0.401. The zero-order chi connectivity index (χ0) is 12.8. The molecular weight excluding hydrogens is 212 g/mol. The summed E-state index contributed by atoms with van der Waals surface area (Å²) < 4.78 is 0. The molecule has 0 bridgehead atoms. The number of hydrogen-bond donors (Lipinski definition) is 1. The Labute approximate surface area is 104 Å². The average Bonchev–Trinajstić information content (AvgIpc) is 2.28. The van der Waals surface area contributed by atoms with Crippen LogP contribution >= 0.6 is 0 Å². The van der Waals surface area contributed by atoms with Crippen molar-refractivity contribution < 1.29 is 0 Å². The fourth-order valence-electron chi connectivity index (χ4n) is 1.66. The molecule has 0 aliphatic heterocycles. The molecule has 1 rings (SSSR count). The maximum Gasteiger partial charge on any atom is 0.128 e. The van der Waals surface area contributed by atoms with Gasteiger partial charge in [0.2, 0.25) is 0 Å². The van der Waals surface area contributed by atoms with E-state index in [0.29, 0.717) is 0 Å². The van der Waals surface area contributed by atoms with Crippen LogP contribution < -0.4 is 10.6 Å². The Kier molecular flexibility index (Phi) is 5.38. The molecule has 4 nitrogen and oxygen atoms in total. The van der Waals surface area contributed by atoms with Crippen LogP contribution in [0.25, 0.3) is 0 Å². The maximum atomic E-state index is 5.87. The highest BCUT2D eigenvalue weighted by Crippen LogP contribution is 2.15. The first-order valence-corrected chi connectivity index (χ1v) is 6.08. The van der Waals surface area contributed by atoms with Crippen molar-refractivity contribution >= 4 is 5.82 Å². The van der Waals surface area contributed by atoms with Gasteiger partial charge in [-0.25, -0.2) is 4.98 Å². The summed E-state index contributed by atoms with van der Waals surface area (Å²) in [5, 5.41) is 0. The Balaban J connectivity index is 2.56. The molecule has 0 saturated carbocycles. The van der Waals surface area contributed by atoms with Crippen LogP contribution in [-0.2, 0) is 0 Å². The third-order valence-corrected chi connectivity index (χ3v) is 2.79. The average molecular weight is 236 g/mol. The normalized spacial score (nSPS) is 12.8. The monoisotopic (exact) mass is 236 g/mol. The van der Waals surface area contributed by atoms with Crippen molar-refractivity contribution in [3.05, 3.63) is 23.9 Å². The Morgan fingerprint density at radius 3 is 2.59 bits per heavy atom. The first-order valence-electron chi connectivity index (χ1n) is 6.08. The molecule has 2 N–H and O–H groups in total. The predicted octanol–water partition coefficient (Wildman–Crippen LogP) is 1.49. The molecule has 0 saturated heterocycles. The van der Waals surface area contributed by atoms with Gasteiger partial charge in [0.1, 0.15) is 5.82 Å². The molecule has 17 heavy (non-hydrogen) atoms. The van der Waals surface area contributed by atoms with Crippen LogP contribution in [0.1, 0.15) is 24.9 Å². The Morgan fingerprint density at radius 2 is 2.00 bits per heavy atom. The summed E-state index contributed by atoms with van der Waals surface area (Å²) in [6, 6.07) is 4.11. The number of nitrogens with zero attached hydrogens (tertiary/aromatic N) is 3. The molecule has 0 aromatic carbocycles. The van der Waals surface area contributed by atoms with Gasteiger partial charge < -0.3 is 15.5 Å². The summed E-state index contributed by atoms with van der Waals surface area (Å²) in [7, 11) is 6.26. The van der Waals surface area contributed by atoms with E-state index in [1.54, 1.807) is 0 Å². The summed E-state index contributed by atoms with van der Waals surface area (Å²) in [5.41, 5.74) is 7.00. The third-order valence-electron chi connectivity index (χ3n) is 2.79. The molecule has 96 valence electrons. The van der Waals surface area contributed by atoms with Crippen molar-refractivity contribution in [2.75, 3.05) is 39.1 Å². The van der Waals surface area contributed by atoms with Gasteiger partial charge >= 0.3 is 0 Å². The van der Waals surface area contributed by atoms with Gasteiger partial charge in [0.15, 0.2) is 0 Å². The summed E-state index contributed by atoms with van der Waals surface area (Å²) in [4.78, 5) is 8.75. The molecular formula is C13H24N4. The van der Waals surface area contributed by atoms with Crippen molar-refractivity contribution in [1.29, 1.82) is 0 Å². The number of hydrogen-bond acceptors (Lipinski definition) is 4. The highest BCUT2D eigenvalue weighted by molar-refractivity contribution is 5.40. The molecule has 1 atom stereocenters. The molecule has 0 aliphatic rings. The van der Waals surface area contributed by atoms with Crippen molar-refractivity contribution in [2.24, 2.45) is 5.73 Å². The predicted molar refractivity (Wildman–Crippen MR) is 73.3 cm³/mol. The van der Waals surface area contributed by atoms with E-state index < -0.39 is 0 Å². The molecule has 0 spiro atoms. The van der Waals surface area contributed by atoms with E-state index in [0.717, 1.165) is 30.9 Å². The standard InChI is InChI=1S/C13H24N4/c1-11(14)12-6-7-15-13(10-12)17(4)9-5-8-16(2)3/h6-7,10-11H,5,8-9,14H2,1-4H3/t11-/m1/s1. The summed E-state index contributed by atoms with van der Waals surface area (Å²) in [5.74, 6) is 0.999. The molecule has 0 radical (unpaired) electrons. The highest BCUT2D eigenvalue weighted by atomic mass is 15.2. The molecule has 4 heteroatoms. The minimum absolute atomic E-state index is 0.0620. The van der Waals surface area contributed by atoms with E-state index in [9.17, 15) is 0 Å². The summed E-state index contributed by atoms with van der Waals surface area (Å²) in [6.45, 7) is 4.09. The number of nitrogens with two attached hydrogens (primary N) is 1. The maximum absolute atomic E-state index is 5.87. The first-order chi connectivity index (χ1) is 8.00. The van der Waals surface area contributed by atoms with E-state index in [1.807, 2.05) is 19.2 Å². The van der Waals surface area contributed by atoms with E-state index in [-0.39, 0.29) is 6.04 Å². The molecule has 0 amide bonds. The lowest BCUT2D eigenvalue weighted by atomic mass is 10.1. The number of aromatic nitrogens is 1. The molecule has 1 aromatic rings. The second-order valence-corrected chi connectivity index (χ2v) is 4.81. The number of anilines is 1. The second-order valence-electron chi connectivity index (χ2n) is 4.81. The van der Waals surface area contributed by atoms with Crippen LogP contribution in [0.5, 0.6) is 0 Å². The SMILES string of the molecule is C[C@@H](N)c1ccnc(N(C)CCCN(C)C)c1. The van der Waals surface area contributed by atoms with Crippen LogP contribution in [-0.4, -0.2) is 44.1 Å². The molecule has 0 unspecified atom stereocenters. The van der Waals surface area contributed by atoms with E-state index in [2.05, 4.69) is 42.0 Å². The van der Waals surface area contributed by atoms with Crippen LogP contribution in [0.4, 0.5) is 5.82 Å². The topological polar surface area (TPSA) is 45.4 Å². The minimum Gasteiger partial charge on any atom is -0.360 e. The van der Waals surface area contributed by atoms with Crippen molar-refractivity contribution in [1.82, 2.24) is 9.88 Å². The lowest BCUT2D eigenvalue weighted by Gasteiger charge is -2.20. The van der Waals surface area contributed by atoms with Crippen molar-refractivity contribution in [2.45, 2.75) is 19.4 Å². The van der Waals surface area contributed by atoms with Crippen molar-refractivity contribution in [3.8, 4) is 0 Å². The fourth-order valence-corrected chi connectivity index (χ4v) is 1.66. The lowest BCUT2D eigenvalue weighted by Crippen LogP contribution is -2.24. The van der Waals surface area contributed by atoms with Crippen molar-refractivity contribution in [3.63, 3.8) is 0 Å². The van der Waals surface area contributed by atoms with Gasteiger partial charge in [0.05, 0.1) is 0 Å². The Bertz CT molecular complexity index is 336. The summed E-state index contributed by atoms with van der Waals surface area (Å²) >= 11 is 0. The quantitative estimate of drug-likeness (QED) is 0.813. The van der Waals surface area contributed by atoms with E-state index in [1.165, 1.54) is 0 Å². The van der Waals surface area contributed by atoms with Gasteiger partial charge in [-0.1, -0.05) is 0 Å². The van der Waals surface area contributed by atoms with Crippen LogP contribution in [0.2, 0.25) is 0 Å².